The number of pyridine rings is 1. The molecule has 1 unspecified atom stereocenters. The van der Waals surface area contributed by atoms with Crippen LogP contribution in [-0.4, -0.2) is 30.8 Å². The van der Waals surface area contributed by atoms with Gasteiger partial charge >= 0.3 is 6.01 Å². The van der Waals surface area contributed by atoms with E-state index in [1.165, 1.54) is 7.11 Å². The predicted molar refractivity (Wildman–Crippen MR) is 94.3 cm³/mol. The molecule has 0 aliphatic rings. The Morgan fingerprint density at radius 3 is 2.28 bits per heavy atom. The molecule has 1 atom stereocenters. The van der Waals surface area contributed by atoms with Crippen LogP contribution in [0.2, 0.25) is 0 Å². The van der Waals surface area contributed by atoms with E-state index in [9.17, 15) is 8.76 Å². The van der Waals surface area contributed by atoms with Crippen LogP contribution in [0.15, 0.2) is 48.9 Å². The average Bonchev–Trinajstić information content (AvgIpc) is 2.62. The van der Waals surface area contributed by atoms with E-state index in [2.05, 4.69) is 15.0 Å². The van der Waals surface area contributed by atoms with Gasteiger partial charge in [-0.25, -0.2) is 15.0 Å². The van der Waals surface area contributed by atoms with Gasteiger partial charge in [-0.05, 0) is 17.2 Å². The molecule has 2 aromatic heterocycles. The zero-order valence-corrected chi connectivity index (χ0v) is 14.2. The highest BCUT2D eigenvalue weighted by atomic mass is 32.2. The van der Waals surface area contributed by atoms with Crippen LogP contribution in [0, 0.1) is 0 Å². The number of aromatic nitrogens is 3. The quantitative estimate of drug-likeness (QED) is 0.698. The molecule has 7 nitrogen and oxygen atoms in total. The third-order valence-corrected chi connectivity index (χ3v) is 4.18. The van der Waals surface area contributed by atoms with Crippen LogP contribution >= 0.6 is 0 Å². The molecule has 0 spiro atoms. The summed E-state index contributed by atoms with van der Waals surface area (Å²) in [5.74, 6) is 0.366. The number of nitrogens with two attached hydrogens (primary N) is 1. The van der Waals surface area contributed by atoms with Gasteiger partial charge < -0.3 is 15.0 Å². The Morgan fingerprint density at radius 2 is 1.68 bits per heavy atom. The fourth-order valence-electron chi connectivity index (χ4n) is 2.35. The Morgan fingerprint density at radius 1 is 1.04 bits per heavy atom. The fraction of sp³-hybridized carbons (Fsp3) is 0.118. The van der Waals surface area contributed by atoms with Gasteiger partial charge in [0.15, 0.2) is 0 Å². The minimum absolute atomic E-state index is 0.00525. The van der Waals surface area contributed by atoms with E-state index in [0.717, 1.165) is 22.3 Å². The number of methoxy groups -OCH3 is 1. The van der Waals surface area contributed by atoms with Gasteiger partial charge in [0.25, 0.3) is 0 Å². The lowest BCUT2D eigenvalue weighted by molar-refractivity contribution is 0.380. The monoisotopic (exact) mass is 355 g/mol. The lowest BCUT2D eigenvalue weighted by Crippen LogP contribution is -1.97. The maximum atomic E-state index is 10.8. The second-order valence-corrected chi connectivity index (χ2v) is 6.16. The first-order valence-corrected chi connectivity index (χ1v) is 8.58. The van der Waals surface area contributed by atoms with E-state index < -0.39 is 11.1 Å². The second kappa shape index (κ2) is 7.37. The van der Waals surface area contributed by atoms with Crippen molar-refractivity contribution in [2.24, 2.45) is 0 Å². The number of benzene rings is 1. The molecule has 8 heteroatoms. The van der Waals surface area contributed by atoms with Gasteiger partial charge in [0.05, 0.1) is 7.11 Å². The Labute approximate surface area is 147 Å². The molecule has 0 bridgehead atoms. The number of hydrogen-bond acceptors (Lipinski definition) is 7. The summed E-state index contributed by atoms with van der Waals surface area (Å²) in [6.45, 7) is 0. The normalized spacial score (nSPS) is 11.9. The summed E-state index contributed by atoms with van der Waals surface area (Å²) in [7, 11) is 1.50. The molecule has 0 aliphatic carbocycles. The Kier molecular flexibility index (Phi) is 5.01. The van der Waals surface area contributed by atoms with Crippen LogP contribution in [0.1, 0.15) is 5.56 Å². The molecule has 25 heavy (non-hydrogen) atoms. The standard InChI is InChI=1S/C17H16N4O3S/c1-24-17-20-8-14(9-21-17)15-6-13(7-19-16(15)18)12-4-2-11(3-5-12)10-25(22)23/h2-9H,10H2,1H3,(H2,18,19)(H,22,23)/p-1. The summed E-state index contributed by atoms with van der Waals surface area (Å²) in [6, 6.07) is 9.43. The van der Waals surface area contributed by atoms with Gasteiger partial charge in [-0.3, -0.25) is 4.21 Å². The molecule has 3 aromatic rings. The first-order valence-electron chi connectivity index (χ1n) is 7.34. The van der Waals surface area contributed by atoms with E-state index in [1.807, 2.05) is 18.2 Å². The van der Waals surface area contributed by atoms with Gasteiger partial charge in [0.2, 0.25) is 0 Å². The first kappa shape index (κ1) is 17.0. The molecule has 0 fully saturated rings. The van der Waals surface area contributed by atoms with E-state index in [4.69, 9.17) is 10.5 Å². The molecule has 0 radical (unpaired) electrons. The molecule has 0 aliphatic heterocycles. The lowest BCUT2D eigenvalue weighted by Gasteiger charge is -2.10. The van der Waals surface area contributed by atoms with Gasteiger partial charge in [-0.1, -0.05) is 35.3 Å². The summed E-state index contributed by atoms with van der Waals surface area (Å²) in [5, 5.41) is 0. The minimum atomic E-state index is -2.11. The van der Waals surface area contributed by atoms with Crippen molar-refractivity contribution in [3.8, 4) is 28.3 Å². The number of nitrogens with zero attached hydrogens (tertiary/aromatic N) is 3. The van der Waals surface area contributed by atoms with Crippen molar-refractivity contribution < 1.29 is 13.5 Å². The van der Waals surface area contributed by atoms with Crippen molar-refractivity contribution in [2.45, 2.75) is 5.75 Å². The van der Waals surface area contributed by atoms with Crippen molar-refractivity contribution in [3.05, 3.63) is 54.5 Å². The van der Waals surface area contributed by atoms with Gasteiger partial charge in [0, 0.05) is 41.0 Å². The highest BCUT2D eigenvalue weighted by molar-refractivity contribution is 7.78. The van der Waals surface area contributed by atoms with Crippen LogP contribution in [-0.2, 0) is 16.8 Å². The van der Waals surface area contributed by atoms with E-state index in [1.54, 1.807) is 30.7 Å². The van der Waals surface area contributed by atoms with Crippen LogP contribution in [0.5, 0.6) is 6.01 Å². The number of rotatable bonds is 5. The van der Waals surface area contributed by atoms with Crippen LogP contribution < -0.4 is 10.5 Å². The molecule has 3 rings (SSSR count). The van der Waals surface area contributed by atoms with Crippen molar-refractivity contribution in [3.63, 3.8) is 0 Å². The smallest absolute Gasteiger partial charge is 0.316 e. The van der Waals surface area contributed by atoms with Crippen molar-refractivity contribution in [2.75, 3.05) is 12.8 Å². The predicted octanol–water partition coefficient (Wildman–Crippen LogP) is 2.18. The van der Waals surface area contributed by atoms with E-state index in [0.29, 0.717) is 11.4 Å². The first-order chi connectivity index (χ1) is 12.1. The molecule has 128 valence electrons. The zero-order chi connectivity index (χ0) is 17.8. The Balaban J connectivity index is 1.94. The topological polar surface area (TPSA) is 114 Å². The number of nitrogen functional groups attached to an aromatic ring is 1. The van der Waals surface area contributed by atoms with Crippen LogP contribution in [0.3, 0.4) is 0 Å². The Hall–Kier alpha value is -2.84. The zero-order valence-electron chi connectivity index (χ0n) is 13.4. The van der Waals surface area contributed by atoms with Crippen molar-refractivity contribution >= 4 is 16.9 Å². The number of ether oxygens (including phenoxy) is 1. The SMILES string of the molecule is COc1ncc(-c2cc(-c3ccc(CS(=O)[O-])cc3)cnc2N)cn1. The fourth-order valence-corrected chi connectivity index (χ4v) is 2.82. The summed E-state index contributed by atoms with van der Waals surface area (Å²) in [4.78, 5) is 12.4. The summed E-state index contributed by atoms with van der Waals surface area (Å²) in [5.41, 5.74) is 9.91. The molecule has 2 heterocycles. The van der Waals surface area contributed by atoms with Crippen molar-refractivity contribution in [1.82, 2.24) is 15.0 Å². The summed E-state index contributed by atoms with van der Waals surface area (Å²) in [6.07, 6.45) is 4.91. The molecule has 0 saturated heterocycles. The second-order valence-electron chi connectivity index (χ2n) is 5.26. The third kappa shape index (κ3) is 3.98. The number of anilines is 1. The van der Waals surface area contributed by atoms with Crippen LogP contribution in [0.25, 0.3) is 22.3 Å². The van der Waals surface area contributed by atoms with Crippen molar-refractivity contribution in [1.29, 1.82) is 0 Å². The molecule has 1 aromatic carbocycles. The highest BCUT2D eigenvalue weighted by Gasteiger charge is 2.09. The number of hydrogen-bond donors (Lipinski definition) is 1. The minimum Gasteiger partial charge on any atom is -0.772 e. The van der Waals surface area contributed by atoms with E-state index >= 15 is 0 Å². The highest BCUT2D eigenvalue weighted by Crippen LogP contribution is 2.29. The van der Waals surface area contributed by atoms with Gasteiger partial charge in [0.1, 0.15) is 5.82 Å². The van der Waals surface area contributed by atoms with E-state index in [-0.39, 0.29) is 11.8 Å². The molecular weight excluding hydrogens is 340 g/mol. The molecular formula is C17H15N4O3S-. The third-order valence-electron chi connectivity index (χ3n) is 3.61. The largest absolute Gasteiger partial charge is 0.772 e. The van der Waals surface area contributed by atoms with Gasteiger partial charge in [-0.15, -0.1) is 0 Å². The molecule has 0 saturated carbocycles. The Bertz CT molecular complexity index is 899. The molecule has 0 amide bonds. The average molecular weight is 355 g/mol. The van der Waals surface area contributed by atoms with Crippen LogP contribution in [0.4, 0.5) is 5.82 Å². The molecule has 2 N–H and O–H groups in total. The maximum absolute atomic E-state index is 10.8. The summed E-state index contributed by atoms with van der Waals surface area (Å²) >= 11 is -2.11. The maximum Gasteiger partial charge on any atom is 0.316 e. The van der Waals surface area contributed by atoms with Gasteiger partial charge in [-0.2, -0.15) is 0 Å². The lowest BCUT2D eigenvalue weighted by atomic mass is 10.0. The summed E-state index contributed by atoms with van der Waals surface area (Å²) < 4.78 is 26.5.